The van der Waals surface area contributed by atoms with Crippen molar-refractivity contribution in [1.82, 2.24) is 4.90 Å². The molecule has 0 atom stereocenters. The SMILES string of the molecule is C=C(C#CC(C)(C)O)N(C)C. The van der Waals surface area contributed by atoms with E-state index < -0.39 is 5.60 Å². The highest BCUT2D eigenvalue weighted by Crippen LogP contribution is 1.98. The van der Waals surface area contributed by atoms with Crippen molar-refractivity contribution in [3.8, 4) is 11.8 Å². The monoisotopic (exact) mass is 153 g/mol. The van der Waals surface area contributed by atoms with Crippen molar-refractivity contribution >= 4 is 0 Å². The predicted octanol–water partition coefficient (Wildman–Crippen LogP) is 0.836. The Morgan fingerprint density at radius 2 is 1.91 bits per heavy atom. The van der Waals surface area contributed by atoms with Gasteiger partial charge in [-0.1, -0.05) is 12.5 Å². The first kappa shape index (κ1) is 10.1. The molecular formula is C9H15NO. The molecule has 62 valence electrons. The van der Waals surface area contributed by atoms with Gasteiger partial charge < -0.3 is 10.0 Å². The molecular weight excluding hydrogens is 138 g/mol. The molecule has 0 aromatic heterocycles. The largest absolute Gasteiger partial charge is 0.378 e. The molecule has 0 unspecified atom stereocenters. The molecule has 0 aromatic carbocycles. The van der Waals surface area contributed by atoms with Gasteiger partial charge in [0.05, 0.1) is 5.70 Å². The van der Waals surface area contributed by atoms with E-state index in [1.807, 2.05) is 14.1 Å². The smallest absolute Gasteiger partial charge is 0.120 e. The van der Waals surface area contributed by atoms with Gasteiger partial charge >= 0.3 is 0 Å². The second kappa shape index (κ2) is 3.45. The van der Waals surface area contributed by atoms with Crippen LogP contribution in [0.1, 0.15) is 13.8 Å². The summed E-state index contributed by atoms with van der Waals surface area (Å²) >= 11 is 0. The van der Waals surface area contributed by atoms with Crippen LogP contribution in [0.2, 0.25) is 0 Å². The van der Waals surface area contributed by atoms with E-state index in [4.69, 9.17) is 0 Å². The lowest BCUT2D eigenvalue weighted by Gasteiger charge is -2.10. The molecule has 1 N–H and O–H groups in total. The number of hydrogen-bond acceptors (Lipinski definition) is 2. The zero-order valence-corrected chi connectivity index (χ0v) is 7.60. The molecule has 2 nitrogen and oxygen atoms in total. The molecule has 0 radical (unpaired) electrons. The van der Waals surface area contributed by atoms with Gasteiger partial charge in [0.25, 0.3) is 0 Å². The molecule has 0 bridgehead atoms. The van der Waals surface area contributed by atoms with E-state index in [0.29, 0.717) is 5.70 Å². The van der Waals surface area contributed by atoms with Gasteiger partial charge in [-0.15, -0.1) is 0 Å². The summed E-state index contributed by atoms with van der Waals surface area (Å²) < 4.78 is 0. The lowest BCUT2D eigenvalue weighted by Crippen LogP contribution is -2.16. The highest BCUT2D eigenvalue weighted by molar-refractivity contribution is 5.27. The van der Waals surface area contributed by atoms with E-state index >= 15 is 0 Å². The molecule has 0 aliphatic heterocycles. The highest BCUT2D eigenvalue weighted by atomic mass is 16.3. The van der Waals surface area contributed by atoms with Crippen molar-refractivity contribution in [3.63, 3.8) is 0 Å². The van der Waals surface area contributed by atoms with Crippen LogP contribution in [0, 0.1) is 11.8 Å². The van der Waals surface area contributed by atoms with Gasteiger partial charge in [-0.3, -0.25) is 0 Å². The molecule has 0 rings (SSSR count). The van der Waals surface area contributed by atoms with E-state index in [-0.39, 0.29) is 0 Å². The van der Waals surface area contributed by atoms with Gasteiger partial charge in [0.2, 0.25) is 0 Å². The van der Waals surface area contributed by atoms with Gasteiger partial charge in [-0.2, -0.15) is 0 Å². The van der Waals surface area contributed by atoms with E-state index in [1.54, 1.807) is 18.7 Å². The van der Waals surface area contributed by atoms with Crippen LogP contribution in [0.5, 0.6) is 0 Å². The molecule has 0 aliphatic rings. The van der Waals surface area contributed by atoms with Crippen LogP contribution >= 0.6 is 0 Å². The van der Waals surface area contributed by atoms with Crippen molar-refractivity contribution in [3.05, 3.63) is 12.3 Å². The first-order valence-electron chi connectivity index (χ1n) is 3.45. The molecule has 11 heavy (non-hydrogen) atoms. The van der Waals surface area contributed by atoms with Crippen LogP contribution in [-0.4, -0.2) is 29.7 Å². The minimum absolute atomic E-state index is 0.701. The minimum Gasteiger partial charge on any atom is -0.378 e. The van der Waals surface area contributed by atoms with Crippen molar-refractivity contribution < 1.29 is 5.11 Å². The minimum atomic E-state index is -0.932. The fourth-order valence-corrected chi connectivity index (χ4v) is 0.337. The first-order chi connectivity index (χ1) is 4.83. The molecule has 0 aromatic rings. The third-order valence-corrected chi connectivity index (χ3v) is 1.05. The third kappa shape index (κ3) is 5.50. The number of allylic oxidation sites excluding steroid dienone is 1. The molecule has 0 spiro atoms. The van der Waals surface area contributed by atoms with E-state index in [1.165, 1.54) is 0 Å². The topological polar surface area (TPSA) is 23.5 Å². The summed E-state index contributed by atoms with van der Waals surface area (Å²) in [5.74, 6) is 5.42. The summed E-state index contributed by atoms with van der Waals surface area (Å²) in [6.45, 7) is 6.98. The van der Waals surface area contributed by atoms with Gasteiger partial charge in [-0.05, 0) is 19.8 Å². The van der Waals surface area contributed by atoms with E-state index in [9.17, 15) is 5.11 Å². The highest BCUT2D eigenvalue weighted by Gasteiger charge is 2.05. The fraction of sp³-hybridized carbons (Fsp3) is 0.556. The summed E-state index contributed by atoms with van der Waals surface area (Å²) in [4.78, 5) is 1.80. The van der Waals surface area contributed by atoms with E-state index in [0.717, 1.165) is 0 Å². The zero-order chi connectivity index (χ0) is 9.07. The standard InChI is InChI=1S/C9H15NO/c1-8(10(4)5)6-7-9(2,3)11/h11H,1H2,2-5H3. The number of rotatable bonds is 1. The Kier molecular flexibility index (Phi) is 3.16. The Balaban J connectivity index is 4.20. The third-order valence-electron chi connectivity index (χ3n) is 1.05. The maximum Gasteiger partial charge on any atom is 0.120 e. The number of aliphatic hydroxyl groups is 1. The van der Waals surface area contributed by atoms with Crippen molar-refractivity contribution in [2.45, 2.75) is 19.4 Å². The number of nitrogens with zero attached hydrogens (tertiary/aromatic N) is 1. The van der Waals surface area contributed by atoms with Crippen LogP contribution in [0.3, 0.4) is 0 Å². The van der Waals surface area contributed by atoms with Crippen molar-refractivity contribution in [1.29, 1.82) is 0 Å². The van der Waals surface area contributed by atoms with Crippen molar-refractivity contribution in [2.24, 2.45) is 0 Å². The van der Waals surface area contributed by atoms with Gasteiger partial charge in [0.1, 0.15) is 5.60 Å². The second-order valence-electron chi connectivity index (χ2n) is 3.15. The molecule has 0 saturated carbocycles. The lowest BCUT2D eigenvalue weighted by atomic mass is 10.1. The molecule has 0 heterocycles. The summed E-state index contributed by atoms with van der Waals surface area (Å²) in [6, 6.07) is 0. The fourth-order valence-electron chi connectivity index (χ4n) is 0.337. The first-order valence-corrected chi connectivity index (χ1v) is 3.45. The Labute approximate surface area is 68.5 Å². The Morgan fingerprint density at radius 3 is 2.18 bits per heavy atom. The predicted molar refractivity (Wildman–Crippen MR) is 46.9 cm³/mol. The normalized spacial score (nSPS) is 9.91. The van der Waals surface area contributed by atoms with Gasteiger partial charge in [0.15, 0.2) is 0 Å². The van der Waals surface area contributed by atoms with Crippen LogP contribution < -0.4 is 0 Å². The Morgan fingerprint density at radius 1 is 1.45 bits per heavy atom. The van der Waals surface area contributed by atoms with Crippen LogP contribution in [0.15, 0.2) is 12.3 Å². The summed E-state index contributed by atoms with van der Waals surface area (Å²) in [7, 11) is 3.72. The second-order valence-corrected chi connectivity index (χ2v) is 3.15. The van der Waals surface area contributed by atoms with Crippen molar-refractivity contribution in [2.75, 3.05) is 14.1 Å². The molecule has 0 aliphatic carbocycles. The molecule has 2 heteroatoms. The summed E-state index contributed by atoms with van der Waals surface area (Å²) in [5.41, 5.74) is -0.231. The average molecular weight is 153 g/mol. The molecule has 0 fully saturated rings. The maximum atomic E-state index is 9.22. The summed E-state index contributed by atoms with van der Waals surface area (Å²) in [6.07, 6.45) is 0. The van der Waals surface area contributed by atoms with E-state index in [2.05, 4.69) is 18.4 Å². The Bertz CT molecular complexity index is 200. The lowest BCUT2D eigenvalue weighted by molar-refractivity contribution is 0.143. The van der Waals surface area contributed by atoms with Crippen LogP contribution in [-0.2, 0) is 0 Å². The summed E-state index contributed by atoms with van der Waals surface area (Å²) in [5, 5.41) is 9.22. The van der Waals surface area contributed by atoms with Gasteiger partial charge in [-0.25, -0.2) is 0 Å². The molecule has 0 amide bonds. The zero-order valence-electron chi connectivity index (χ0n) is 7.60. The number of hydrogen-bond donors (Lipinski definition) is 1. The maximum absolute atomic E-state index is 9.22. The van der Waals surface area contributed by atoms with Crippen LogP contribution in [0.4, 0.5) is 0 Å². The van der Waals surface area contributed by atoms with Crippen LogP contribution in [0.25, 0.3) is 0 Å². The van der Waals surface area contributed by atoms with Gasteiger partial charge in [0, 0.05) is 14.1 Å². The Hall–Kier alpha value is -0.940. The average Bonchev–Trinajstić information content (AvgIpc) is 1.80. The molecule has 0 saturated heterocycles. The quantitative estimate of drug-likeness (QED) is 0.564.